The Bertz CT molecular complexity index is 1620. The molecule has 12 heteroatoms. The van der Waals surface area contributed by atoms with Crippen LogP contribution in [0, 0.1) is 0 Å². The number of amides is 1. The highest BCUT2D eigenvalue weighted by Gasteiger charge is 2.34. The molecule has 0 unspecified atom stereocenters. The number of aliphatic hydroxyl groups is 1. The van der Waals surface area contributed by atoms with Crippen LogP contribution in [0.25, 0.3) is 6.08 Å². The number of esters is 1. The molecule has 1 aliphatic heterocycles. The number of aliphatic imine (C=N–C) groups is 1. The monoisotopic (exact) mass is 695 g/mol. The quantitative estimate of drug-likeness (QED) is 0.236. The summed E-state index contributed by atoms with van der Waals surface area (Å²) in [5.74, 6) is -0.988. The normalized spacial score (nSPS) is 15.0. The van der Waals surface area contributed by atoms with Crippen molar-refractivity contribution in [1.29, 1.82) is 0 Å². The zero-order valence-electron chi connectivity index (χ0n) is 21.5. The third kappa shape index (κ3) is 7.28. The van der Waals surface area contributed by atoms with Crippen LogP contribution in [0.5, 0.6) is 11.5 Å². The zero-order valence-corrected chi connectivity index (χ0v) is 26.2. The lowest BCUT2D eigenvalue weighted by Gasteiger charge is -2.14. The van der Waals surface area contributed by atoms with E-state index >= 15 is 0 Å². The molecule has 212 valence electrons. The van der Waals surface area contributed by atoms with Crippen LogP contribution in [-0.4, -0.2) is 35.7 Å². The fourth-order valence-corrected chi connectivity index (χ4v) is 5.80. The van der Waals surface area contributed by atoms with Gasteiger partial charge in [-0.3, -0.25) is 4.79 Å². The van der Waals surface area contributed by atoms with Gasteiger partial charge in [0.1, 0.15) is 23.0 Å². The Morgan fingerprint density at radius 1 is 1.05 bits per heavy atom. The van der Waals surface area contributed by atoms with Crippen molar-refractivity contribution in [3.05, 3.63) is 107 Å². The summed E-state index contributed by atoms with van der Waals surface area (Å²) in [5, 5.41) is 12.1. The Labute approximate surface area is 263 Å². The standard InChI is InChI=1S/C29H21BrCl3NO6S/c1-3-39-29(37)24-25(35)23(41-28(24)34-27(36)17-6-4-5-7-19(17)31)13-16-10-18(30)26(22(12-16)38-2)40-14-15-8-9-20(32)21(33)11-15/h4-13,35H,3,14H2,1-2H3/b23-13-,34-28?. The van der Waals surface area contributed by atoms with Gasteiger partial charge in [0.25, 0.3) is 5.91 Å². The number of ether oxygens (including phenoxy) is 3. The molecule has 41 heavy (non-hydrogen) atoms. The van der Waals surface area contributed by atoms with Crippen LogP contribution in [0.2, 0.25) is 15.1 Å². The number of hydrogen-bond acceptors (Lipinski definition) is 7. The first-order valence-electron chi connectivity index (χ1n) is 11.9. The van der Waals surface area contributed by atoms with E-state index in [2.05, 4.69) is 20.9 Å². The van der Waals surface area contributed by atoms with E-state index in [1.54, 1.807) is 61.5 Å². The maximum atomic E-state index is 12.9. The third-order valence-corrected chi connectivity index (χ3v) is 8.27. The number of aliphatic hydroxyl groups excluding tert-OH is 1. The van der Waals surface area contributed by atoms with Gasteiger partial charge in [-0.15, -0.1) is 0 Å². The summed E-state index contributed by atoms with van der Waals surface area (Å²) in [5.41, 5.74) is 1.36. The van der Waals surface area contributed by atoms with Crippen LogP contribution >= 0.6 is 62.5 Å². The van der Waals surface area contributed by atoms with E-state index in [4.69, 9.17) is 49.0 Å². The van der Waals surface area contributed by atoms with Crippen molar-refractivity contribution >= 4 is 85.5 Å². The topological polar surface area (TPSA) is 94.4 Å². The van der Waals surface area contributed by atoms with Crippen LogP contribution in [0.3, 0.4) is 0 Å². The molecular formula is C29H21BrCl3NO6S. The van der Waals surface area contributed by atoms with Gasteiger partial charge < -0.3 is 19.3 Å². The molecule has 0 bridgehead atoms. The first kappa shape index (κ1) is 31.0. The highest BCUT2D eigenvalue weighted by molar-refractivity contribution is 9.10. The second kappa shape index (κ2) is 13.8. The highest BCUT2D eigenvalue weighted by atomic mass is 79.9. The number of methoxy groups -OCH3 is 1. The van der Waals surface area contributed by atoms with E-state index in [0.29, 0.717) is 31.6 Å². The predicted octanol–water partition coefficient (Wildman–Crippen LogP) is 8.70. The molecular weight excluding hydrogens is 677 g/mol. The van der Waals surface area contributed by atoms with Gasteiger partial charge in [0.05, 0.1) is 43.7 Å². The molecule has 1 heterocycles. The molecule has 0 aliphatic carbocycles. The number of carbonyl (C=O) groups is 2. The van der Waals surface area contributed by atoms with Crippen molar-refractivity contribution in [3.8, 4) is 11.5 Å². The Balaban J connectivity index is 1.66. The average molecular weight is 698 g/mol. The summed E-state index contributed by atoms with van der Waals surface area (Å²) in [6, 6.07) is 15.1. The Kier molecular flexibility index (Phi) is 10.4. The summed E-state index contributed by atoms with van der Waals surface area (Å²) in [7, 11) is 1.50. The average Bonchev–Trinajstić information content (AvgIpc) is 3.23. The minimum absolute atomic E-state index is 0.00951. The Morgan fingerprint density at radius 3 is 2.49 bits per heavy atom. The predicted molar refractivity (Wildman–Crippen MR) is 167 cm³/mol. The zero-order chi connectivity index (χ0) is 29.7. The highest BCUT2D eigenvalue weighted by Crippen LogP contribution is 2.42. The molecule has 7 nitrogen and oxygen atoms in total. The molecule has 1 N–H and O–H groups in total. The lowest BCUT2D eigenvalue weighted by molar-refractivity contribution is -0.138. The van der Waals surface area contributed by atoms with Gasteiger partial charge in [-0.2, -0.15) is 0 Å². The van der Waals surface area contributed by atoms with Crippen LogP contribution < -0.4 is 9.47 Å². The van der Waals surface area contributed by atoms with E-state index < -0.39 is 11.9 Å². The van der Waals surface area contributed by atoms with Gasteiger partial charge in [0.2, 0.25) is 0 Å². The molecule has 1 aliphatic rings. The molecule has 3 aromatic carbocycles. The van der Waals surface area contributed by atoms with Crippen LogP contribution in [-0.2, 0) is 16.1 Å². The number of rotatable bonds is 8. The van der Waals surface area contributed by atoms with Gasteiger partial charge >= 0.3 is 5.97 Å². The summed E-state index contributed by atoms with van der Waals surface area (Å²) in [6.07, 6.45) is 1.62. The van der Waals surface area contributed by atoms with Crippen molar-refractivity contribution in [2.75, 3.05) is 13.7 Å². The molecule has 0 fully saturated rings. The van der Waals surface area contributed by atoms with E-state index in [-0.39, 0.29) is 45.1 Å². The minimum Gasteiger partial charge on any atom is -0.506 e. The van der Waals surface area contributed by atoms with Crippen molar-refractivity contribution in [2.24, 2.45) is 4.99 Å². The maximum absolute atomic E-state index is 12.9. The summed E-state index contributed by atoms with van der Waals surface area (Å²) in [6.45, 7) is 1.90. The Hall–Kier alpha value is -2.95. The smallest absolute Gasteiger partial charge is 0.344 e. The van der Waals surface area contributed by atoms with Crippen molar-refractivity contribution in [3.63, 3.8) is 0 Å². The second-order valence-corrected chi connectivity index (χ2v) is 11.4. The second-order valence-electron chi connectivity index (χ2n) is 8.33. The lowest BCUT2D eigenvalue weighted by atomic mass is 10.1. The maximum Gasteiger partial charge on any atom is 0.344 e. The van der Waals surface area contributed by atoms with Crippen LogP contribution in [0.1, 0.15) is 28.4 Å². The van der Waals surface area contributed by atoms with Gasteiger partial charge in [0, 0.05) is 0 Å². The first-order valence-corrected chi connectivity index (χ1v) is 14.7. The van der Waals surface area contributed by atoms with Crippen LogP contribution in [0.4, 0.5) is 0 Å². The van der Waals surface area contributed by atoms with E-state index in [9.17, 15) is 14.7 Å². The van der Waals surface area contributed by atoms with Crippen LogP contribution in [0.15, 0.2) is 80.3 Å². The number of hydrogen-bond donors (Lipinski definition) is 1. The summed E-state index contributed by atoms with van der Waals surface area (Å²) < 4.78 is 17.2. The van der Waals surface area contributed by atoms with E-state index in [1.165, 1.54) is 13.2 Å². The molecule has 4 rings (SSSR count). The lowest BCUT2D eigenvalue weighted by Crippen LogP contribution is -2.14. The van der Waals surface area contributed by atoms with Gasteiger partial charge in [-0.05, 0) is 76.5 Å². The number of halogens is 4. The van der Waals surface area contributed by atoms with Gasteiger partial charge in [-0.25, -0.2) is 9.79 Å². The molecule has 0 saturated heterocycles. The molecule has 0 spiro atoms. The van der Waals surface area contributed by atoms with Gasteiger partial charge in [-0.1, -0.05) is 64.8 Å². The molecule has 0 saturated carbocycles. The fourth-order valence-electron chi connectivity index (χ4n) is 3.68. The molecule has 0 radical (unpaired) electrons. The minimum atomic E-state index is -0.809. The summed E-state index contributed by atoms with van der Waals surface area (Å²) in [4.78, 5) is 30.0. The number of carbonyl (C=O) groups excluding carboxylic acids is 2. The molecule has 0 atom stereocenters. The number of benzene rings is 3. The third-order valence-electron chi connectivity index (χ3n) is 5.59. The number of nitrogens with zero attached hydrogens (tertiary/aromatic N) is 1. The first-order chi connectivity index (χ1) is 19.6. The molecule has 1 amide bonds. The van der Waals surface area contributed by atoms with Crippen molar-refractivity contribution in [1.82, 2.24) is 0 Å². The SMILES string of the molecule is CCOC(=O)C1=C(O)/C(=C/c2cc(Br)c(OCc3ccc(Cl)c(Cl)c3)c(OC)c2)SC1=NC(=O)c1ccccc1Cl. The Morgan fingerprint density at radius 2 is 1.80 bits per heavy atom. The molecule has 3 aromatic rings. The van der Waals surface area contributed by atoms with E-state index in [0.717, 1.165) is 17.3 Å². The van der Waals surface area contributed by atoms with Crippen molar-refractivity contribution < 1.29 is 28.9 Å². The molecule has 0 aromatic heterocycles. The largest absolute Gasteiger partial charge is 0.506 e. The van der Waals surface area contributed by atoms with Gasteiger partial charge in [0.15, 0.2) is 11.5 Å². The van der Waals surface area contributed by atoms with E-state index in [1.807, 2.05) is 0 Å². The van der Waals surface area contributed by atoms with Crippen molar-refractivity contribution in [2.45, 2.75) is 13.5 Å². The number of thioether (sulfide) groups is 1. The fraction of sp³-hybridized carbons (Fsp3) is 0.138. The summed E-state index contributed by atoms with van der Waals surface area (Å²) >= 11 is 22.7.